The molecule has 1 heterocycles. The van der Waals surface area contributed by atoms with E-state index in [1.807, 2.05) is 31.2 Å². The summed E-state index contributed by atoms with van der Waals surface area (Å²) in [6, 6.07) is 11.3. The predicted octanol–water partition coefficient (Wildman–Crippen LogP) is 3.82. The maximum absolute atomic E-state index is 13.2. The molecule has 21 heavy (non-hydrogen) atoms. The van der Waals surface area contributed by atoms with E-state index in [1.54, 1.807) is 6.07 Å². The number of anilines is 1. The van der Waals surface area contributed by atoms with E-state index in [9.17, 15) is 9.18 Å². The van der Waals surface area contributed by atoms with Crippen LogP contribution in [0, 0.1) is 5.82 Å². The first kappa shape index (κ1) is 14.0. The van der Waals surface area contributed by atoms with Gasteiger partial charge >= 0.3 is 0 Å². The monoisotopic (exact) mass is 304 g/mol. The summed E-state index contributed by atoms with van der Waals surface area (Å²) in [5.74, 6) is -0.531. The second kappa shape index (κ2) is 5.47. The van der Waals surface area contributed by atoms with Gasteiger partial charge in [0.05, 0.1) is 0 Å². The number of fused-ring (bicyclic) bond motifs is 1. The summed E-state index contributed by atoms with van der Waals surface area (Å²) in [4.78, 5) is 12.0. The van der Waals surface area contributed by atoms with Gasteiger partial charge in [-0.15, -0.1) is 0 Å². The van der Waals surface area contributed by atoms with Crippen LogP contribution in [0.4, 0.5) is 10.1 Å². The Balaban J connectivity index is 1.82. The molecule has 108 valence electrons. The summed E-state index contributed by atoms with van der Waals surface area (Å²) in [7, 11) is 0. The Hall–Kier alpha value is -1.91. The van der Waals surface area contributed by atoms with Crippen LogP contribution in [0.15, 0.2) is 42.5 Å². The Kier molecular flexibility index (Phi) is 3.66. The van der Waals surface area contributed by atoms with E-state index in [1.165, 1.54) is 12.1 Å². The lowest BCUT2D eigenvalue weighted by Gasteiger charge is -2.19. The van der Waals surface area contributed by atoms with Gasteiger partial charge in [0.1, 0.15) is 11.9 Å². The largest absolute Gasteiger partial charge is 0.324 e. The number of hydrogen-bond donors (Lipinski definition) is 2. The Labute approximate surface area is 127 Å². The maximum atomic E-state index is 13.2. The quantitative estimate of drug-likeness (QED) is 0.905. The number of rotatable bonds is 3. The molecule has 0 saturated heterocycles. The van der Waals surface area contributed by atoms with E-state index in [0.29, 0.717) is 10.7 Å². The summed E-state index contributed by atoms with van der Waals surface area (Å²) < 4.78 is 13.2. The van der Waals surface area contributed by atoms with Crippen molar-refractivity contribution in [3.05, 3.63) is 64.4 Å². The molecule has 2 N–H and O–H groups in total. The van der Waals surface area contributed by atoms with Gasteiger partial charge in [0.15, 0.2) is 0 Å². The summed E-state index contributed by atoms with van der Waals surface area (Å²) in [6.45, 7) is 1.97. The van der Waals surface area contributed by atoms with Crippen molar-refractivity contribution < 1.29 is 9.18 Å². The lowest BCUT2D eigenvalue weighted by molar-refractivity contribution is -0.117. The van der Waals surface area contributed by atoms with Crippen LogP contribution in [0.1, 0.15) is 30.1 Å². The standard InChI is InChI=1S/C16H14ClFN2O/c1-9(10-2-4-11(17)5-3-10)19-15-13-7-6-12(18)8-14(13)20-16(15)21/h2-9,15,19H,1H3,(H,20,21). The number of hydrogen-bond acceptors (Lipinski definition) is 2. The Bertz CT molecular complexity index is 687. The highest BCUT2D eigenvalue weighted by Gasteiger charge is 2.31. The number of nitrogens with one attached hydrogen (secondary N) is 2. The van der Waals surface area contributed by atoms with Crippen LogP contribution >= 0.6 is 11.6 Å². The first-order chi connectivity index (χ1) is 10.0. The van der Waals surface area contributed by atoms with E-state index in [2.05, 4.69) is 10.6 Å². The van der Waals surface area contributed by atoms with Crippen molar-refractivity contribution in [1.82, 2.24) is 5.32 Å². The molecule has 1 amide bonds. The molecule has 3 rings (SSSR count). The van der Waals surface area contributed by atoms with Crippen molar-refractivity contribution in [3.63, 3.8) is 0 Å². The van der Waals surface area contributed by atoms with E-state index >= 15 is 0 Å². The lowest BCUT2D eigenvalue weighted by Crippen LogP contribution is -2.29. The van der Waals surface area contributed by atoms with Crippen LogP contribution in [-0.2, 0) is 4.79 Å². The van der Waals surface area contributed by atoms with Gasteiger partial charge in [-0.3, -0.25) is 10.1 Å². The van der Waals surface area contributed by atoms with Crippen LogP contribution in [-0.4, -0.2) is 5.91 Å². The zero-order valence-corrected chi connectivity index (χ0v) is 12.1. The third-order valence-electron chi connectivity index (χ3n) is 3.63. The molecule has 3 nitrogen and oxygen atoms in total. The summed E-state index contributed by atoms with van der Waals surface area (Å²) in [6.07, 6.45) is 0. The molecule has 2 aromatic carbocycles. The molecule has 2 aromatic rings. The van der Waals surface area contributed by atoms with Crippen LogP contribution in [0.5, 0.6) is 0 Å². The molecule has 0 radical (unpaired) electrons. The van der Waals surface area contributed by atoms with Gasteiger partial charge in [0, 0.05) is 22.3 Å². The van der Waals surface area contributed by atoms with Crippen LogP contribution < -0.4 is 10.6 Å². The molecule has 5 heteroatoms. The fraction of sp³-hybridized carbons (Fsp3) is 0.188. The predicted molar refractivity (Wildman–Crippen MR) is 80.8 cm³/mol. The molecule has 0 fully saturated rings. The number of amides is 1. The van der Waals surface area contributed by atoms with Gasteiger partial charge in [-0.2, -0.15) is 0 Å². The molecule has 2 atom stereocenters. The van der Waals surface area contributed by atoms with E-state index in [4.69, 9.17) is 11.6 Å². The van der Waals surface area contributed by atoms with Crippen molar-refractivity contribution in [2.75, 3.05) is 5.32 Å². The first-order valence-electron chi connectivity index (χ1n) is 6.66. The van der Waals surface area contributed by atoms with Gasteiger partial charge in [-0.05, 0) is 36.8 Å². The fourth-order valence-corrected chi connectivity index (χ4v) is 2.62. The Morgan fingerprint density at radius 2 is 1.95 bits per heavy atom. The number of benzene rings is 2. The highest BCUT2D eigenvalue weighted by atomic mass is 35.5. The molecule has 0 spiro atoms. The molecule has 1 aliphatic rings. The topological polar surface area (TPSA) is 41.1 Å². The van der Waals surface area contributed by atoms with Crippen molar-refractivity contribution in [2.45, 2.75) is 19.0 Å². The molecular formula is C16H14ClFN2O. The van der Waals surface area contributed by atoms with Gasteiger partial charge < -0.3 is 5.32 Å². The van der Waals surface area contributed by atoms with Crippen molar-refractivity contribution in [2.24, 2.45) is 0 Å². The average Bonchev–Trinajstić information content (AvgIpc) is 2.75. The summed E-state index contributed by atoms with van der Waals surface area (Å²) >= 11 is 5.87. The van der Waals surface area contributed by atoms with E-state index in [0.717, 1.165) is 11.1 Å². The van der Waals surface area contributed by atoms with Crippen LogP contribution in [0.2, 0.25) is 5.02 Å². The molecular weight excluding hydrogens is 291 g/mol. The lowest BCUT2D eigenvalue weighted by atomic mass is 10.0. The van der Waals surface area contributed by atoms with Gasteiger partial charge in [-0.1, -0.05) is 29.8 Å². The fourth-order valence-electron chi connectivity index (χ4n) is 2.50. The third-order valence-corrected chi connectivity index (χ3v) is 3.89. The van der Waals surface area contributed by atoms with Crippen molar-refractivity contribution in [1.29, 1.82) is 0 Å². The minimum atomic E-state index is -0.480. The van der Waals surface area contributed by atoms with Crippen LogP contribution in [0.25, 0.3) is 0 Å². The Morgan fingerprint density at radius 1 is 1.24 bits per heavy atom. The van der Waals surface area contributed by atoms with Crippen molar-refractivity contribution in [3.8, 4) is 0 Å². The summed E-state index contributed by atoms with van der Waals surface area (Å²) in [5, 5.41) is 6.63. The van der Waals surface area contributed by atoms with Gasteiger partial charge in [0.25, 0.3) is 0 Å². The second-order valence-corrected chi connectivity index (χ2v) is 5.53. The molecule has 0 aromatic heterocycles. The number of carbonyl (C=O) groups is 1. The zero-order valence-electron chi connectivity index (χ0n) is 11.4. The van der Waals surface area contributed by atoms with Crippen molar-refractivity contribution >= 4 is 23.2 Å². The first-order valence-corrected chi connectivity index (χ1v) is 7.04. The van der Waals surface area contributed by atoms with Crippen LogP contribution in [0.3, 0.4) is 0 Å². The van der Waals surface area contributed by atoms with E-state index < -0.39 is 6.04 Å². The maximum Gasteiger partial charge on any atom is 0.246 e. The number of carbonyl (C=O) groups excluding carboxylic acids is 1. The Morgan fingerprint density at radius 3 is 2.67 bits per heavy atom. The minimum Gasteiger partial charge on any atom is -0.324 e. The van der Waals surface area contributed by atoms with E-state index in [-0.39, 0.29) is 17.8 Å². The molecule has 1 aliphatic heterocycles. The summed E-state index contributed by atoms with van der Waals surface area (Å²) in [5.41, 5.74) is 2.32. The minimum absolute atomic E-state index is 0.0333. The second-order valence-electron chi connectivity index (χ2n) is 5.09. The molecule has 0 bridgehead atoms. The molecule has 0 saturated carbocycles. The SMILES string of the molecule is CC(NC1C(=O)Nc2cc(F)ccc21)c1ccc(Cl)cc1. The van der Waals surface area contributed by atoms with Gasteiger partial charge in [0.2, 0.25) is 5.91 Å². The zero-order chi connectivity index (χ0) is 15.0. The normalized spacial score (nSPS) is 18.2. The highest BCUT2D eigenvalue weighted by Crippen LogP contribution is 2.33. The molecule has 2 unspecified atom stereocenters. The molecule has 0 aliphatic carbocycles. The van der Waals surface area contributed by atoms with Gasteiger partial charge in [-0.25, -0.2) is 4.39 Å². The smallest absolute Gasteiger partial charge is 0.246 e. The number of halogens is 2. The highest BCUT2D eigenvalue weighted by molar-refractivity contribution is 6.30. The third kappa shape index (κ3) is 2.77. The average molecular weight is 305 g/mol.